The summed E-state index contributed by atoms with van der Waals surface area (Å²) in [4.78, 5) is 4.90. The van der Waals surface area contributed by atoms with Gasteiger partial charge in [-0.1, -0.05) is 39.0 Å². The molecule has 0 heterocycles. The first-order valence-corrected chi connectivity index (χ1v) is 11.4. The van der Waals surface area contributed by atoms with E-state index in [-0.39, 0.29) is 11.8 Å². The largest absolute Gasteiger partial charge is 0.381 e. The molecule has 0 fully saturated rings. The molecule has 0 saturated carbocycles. The maximum atomic E-state index is 12.6. The van der Waals surface area contributed by atoms with E-state index in [1.54, 1.807) is 24.3 Å². The third kappa shape index (κ3) is 9.77. The van der Waals surface area contributed by atoms with E-state index in [2.05, 4.69) is 29.5 Å². The van der Waals surface area contributed by atoms with Crippen LogP contribution in [0.5, 0.6) is 0 Å². The van der Waals surface area contributed by atoms with Gasteiger partial charge in [-0.3, -0.25) is 4.99 Å². The van der Waals surface area contributed by atoms with Crippen LogP contribution >= 0.6 is 0 Å². The number of nitrogens with one attached hydrogen (secondary N) is 2. The van der Waals surface area contributed by atoms with Gasteiger partial charge < -0.3 is 15.4 Å². The number of nitrogens with zero attached hydrogens (tertiary/aromatic N) is 1. The van der Waals surface area contributed by atoms with Crippen LogP contribution in [0, 0.1) is 5.92 Å². The fourth-order valence-electron chi connectivity index (χ4n) is 2.44. The van der Waals surface area contributed by atoms with Gasteiger partial charge in [0.25, 0.3) is 0 Å². The second-order valence-corrected chi connectivity index (χ2v) is 8.96. The first-order valence-electron chi connectivity index (χ1n) is 9.79. The minimum absolute atomic E-state index is 0.0371. The molecule has 0 aromatic heterocycles. The lowest BCUT2D eigenvalue weighted by Crippen LogP contribution is -2.46. The molecule has 0 amide bonds. The molecule has 1 unspecified atom stereocenters. The van der Waals surface area contributed by atoms with E-state index in [0.717, 1.165) is 19.6 Å². The second kappa shape index (κ2) is 12.7. The maximum Gasteiger partial charge on any atom is 0.191 e. The summed E-state index contributed by atoms with van der Waals surface area (Å²) in [6, 6.07) is 8.37. The van der Waals surface area contributed by atoms with E-state index in [1.807, 2.05) is 19.9 Å². The summed E-state index contributed by atoms with van der Waals surface area (Å²) in [6.45, 7) is 11.0. The molecule has 0 radical (unpaired) electrons. The fourth-order valence-corrected chi connectivity index (χ4v) is 4.05. The smallest absolute Gasteiger partial charge is 0.191 e. The van der Waals surface area contributed by atoms with Crippen LogP contribution < -0.4 is 10.6 Å². The Morgan fingerprint density at radius 2 is 1.89 bits per heavy atom. The van der Waals surface area contributed by atoms with E-state index in [1.165, 1.54) is 0 Å². The first-order chi connectivity index (χ1) is 12.9. The molecule has 6 nitrogen and oxygen atoms in total. The van der Waals surface area contributed by atoms with Crippen LogP contribution in [0.25, 0.3) is 0 Å². The molecular weight excluding hydrogens is 362 g/mol. The second-order valence-electron chi connectivity index (χ2n) is 6.93. The highest BCUT2D eigenvalue weighted by Crippen LogP contribution is 2.12. The minimum Gasteiger partial charge on any atom is -0.381 e. The van der Waals surface area contributed by atoms with Crippen LogP contribution in [0.4, 0.5) is 0 Å². The third-order valence-electron chi connectivity index (χ3n) is 3.87. The Labute approximate surface area is 164 Å². The van der Waals surface area contributed by atoms with Crippen LogP contribution in [0.3, 0.4) is 0 Å². The lowest BCUT2D eigenvalue weighted by Gasteiger charge is -2.20. The number of hydrogen-bond donors (Lipinski definition) is 2. The zero-order valence-corrected chi connectivity index (χ0v) is 17.9. The summed E-state index contributed by atoms with van der Waals surface area (Å²) in [5.41, 5.74) is 0. The summed E-state index contributed by atoms with van der Waals surface area (Å²) in [5, 5.41) is 6.44. The molecule has 0 aliphatic rings. The number of guanidine groups is 1. The molecule has 1 rings (SSSR count). The molecule has 1 aromatic carbocycles. The van der Waals surface area contributed by atoms with Gasteiger partial charge in [0.15, 0.2) is 15.8 Å². The maximum absolute atomic E-state index is 12.6. The average molecular weight is 398 g/mol. The number of sulfone groups is 1. The number of ether oxygens (including phenoxy) is 1. The Kier molecular flexibility index (Phi) is 11.0. The van der Waals surface area contributed by atoms with Crippen molar-refractivity contribution in [3.05, 3.63) is 30.3 Å². The van der Waals surface area contributed by atoms with E-state index < -0.39 is 9.84 Å². The summed E-state index contributed by atoms with van der Waals surface area (Å²) >= 11 is 0. The zero-order valence-electron chi connectivity index (χ0n) is 17.1. The van der Waals surface area contributed by atoms with Gasteiger partial charge in [-0.2, -0.15) is 0 Å². The summed E-state index contributed by atoms with van der Waals surface area (Å²) in [5.74, 6) is 1.22. The Bertz CT molecular complexity index is 646. The van der Waals surface area contributed by atoms with Crippen molar-refractivity contribution in [1.82, 2.24) is 10.6 Å². The van der Waals surface area contributed by atoms with Crippen molar-refractivity contribution in [2.24, 2.45) is 10.9 Å². The number of benzene rings is 1. The van der Waals surface area contributed by atoms with Gasteiger partial charge in [0, 0.05) is 32.3 Å². The number of aliphatic imine (C=N–C) groups is 1. The van der Waals surface area contributed by atoms with Gasteiger partial charge in [-0.25, -0.2) is 8.42 Å². The molecule has 0 spiro atoms. The van der Waals surface area contributed by atoms with Gasteiger partial charge in [-0.05, 0) is 37.8 Å². The quantitative estimate of drug-likeness (QED) is 0.322. The molecule has 154 valence electrons. The highest BCUT2D eigenvalue weighted by molar-refractivity contribution is 7.91. The van der Waals surface area contributed by atoms with Crippen molar-refractivity contribution >= 4 is 15.8 Å². The predicted molar refractivity (Wildman–Crippen MR) is 112 cm³/mol. The number of hydrogen-bond acceptors (Lipinski definition) is 4. The molecule has 1 aromatic rings. The van der Waals surface area contributed by atoms with E-state index in [4.69, 9.17) is 4.74 Å². The average Bonchev–Trinajstić information content (AvgIpc) is 2.64. The molecule has 0 aliphatic heterocycles. The Balaban J connectivity index is 2.60. The van der Waals surface area contributed by atoms with Crippen LogP contribution in [0.1, 0.15) is 40.5 Å². The van der Waals surface area contributed by atoms with Crippen LogP contribution in [0.2, 0.25) is 0 Å². The zero-order chi connectivity index (χ0) is 20.1. The van der Waals surface area contributed by atoms with Crippen LogP contribution in [0.15, 0.2) is 40.2 Å². The highest BCUT2D eigenvalue weighted by atomic mass is 32.2. The van der Waals surface area contributed by atoms with Crippen molar-refractivity contribution in [1.29, 1.82) is 0 Å². The fraction of sp³-hybridized carbons (Fsp3) is 0.650. The van der Waals surface area contributed by atoms with Gasteiger partial charge in [-0.15, -0.1) is 0 Å². The van der Waals surface area contributed by atoms with E-state index in [0.29, 0.717) is 36.3 Å². The topological polar surface area (TPSA) is 79.8 Å². The van der Waals surface area contributed by atoms with Gasteiger partial charge in [0.05, 0.1) is 10.6 Å². The molecule has 1 atom stereocenters. The van der Waals surface area contributed by atoms with E-state index in [9.17, 15) is 8.42 Å². The Morgan fingerprint density at radius 3 is 2.48 bits per heavy atom. The van der Waals surface area contributed by atoms with Crippen LogP contribution in [-0.2, 0) is 14.6 Å². The molecule has 2 N–H and O–H groups in total. The standard InChI is InChI=1S/C20H35N3O3S/c1-5-18(16-27(24,25)19-11-8-7-9-12-19)23-20(21-6-2)22-13-10-14-26-15-17(3)4/h7-9,11-12,17-18H,5-6,10,13-16H2,1-4H3,(H2,21,22,23). The molecule has 0 saturated heterocycles. The van der Waals surface area contributed by atoms with E-state index >= 15 is 0 Å². The predicted octanol–water partition coefficient (Wildman–Crippen LogP) is 2.86. The van der Waals surface area contributed by atoms with Crippen LogP contribution in [-0.4, -0.2) is 52.5 Å². The van der Waals surface area contributed by atoms with Gasteiger partial charge >= 0.3 is 0 Å². The number of rotatable bonds is 12. The minimum atomic E-state index is -3.34. The normalized spacial score (nSPS) is 13.6. The van der Waals surface area contributed by atoms with Crippen molar-refractivity contribution in [2.75, 3.05) is 32.1 Å². The van der Waals surface area contributed by atoms with Gasteiger partial charge in [0.1, 0.15) is 0 Å². The molecule has 0 bridgehead atoms. The van der Waals surface area contributed by atoms with Crippen molar-refractivity contribution in [3.8, 4) is 0 Å². The molecular formula is C20H35N3O3S. The lowest BCUT2D eigenvalue weighted by atomic mass is 10.2. The SMILES string of the molecule is CCNC(=NCCCOCC(C)C)NC(CC)CS(=O)(=O)c1ccccc1. The molecule has 27 heavy (non-hydrogen) atoms. The molecule has 0 aliphatic carbocycles. The summed E-state index contributed by atoms with van der Waals surface area (Å²) in [6.07, 6.45) is 1.52. The molecule has 7 heteroatoms. The highest BCUT2D eigenvalue weighted by Gasteiger charge is 2.20. The van der Waals surface area contributed by atoms with Crippen molar-refractivity contribution in [2.45, 2.75) is 51.5 Å². The third-order valence-corrected chi connectivity index (χ3v) is 5.70. The Hall–Kier alpha value is -1.60. The first kappa shape index (κ1) is 23.4. The van der Waals surface area contributed by atoms with Crippen molar-refractivity contribution in [3.63, 3.8) is 0 Å². The summed E-state index contributed by atoms with van der Waals surface area (Å²) < 4.78 is 30.8. The van der Waals surface area contributed by atoms with Crippen molar-refractivity contribution < 1.29 is 13.2 Å². The monoisotopic (exact) mass is 397 g/mol. The Morgan fingerprint density at radius 1 is 1.19 bits per heavy atom. The summed E-state index contributed by atoms with van der Waals surface area (Å²) in [7, 11) is -3.34. The van der Waals surface area contributed by atoms with Gasteiger partial charge in [0.2, 0.25) is 0 Å². The lowest BCUT2D eigenvalue weighted by molar-refractivity contribution is 0.109.